The average Bonchev–Trinajstić information content (AvgIpc) is 2.95. The van der Waals surface area contributed by atoms with Crippen LogP contribution in [0.25, 0.3) is 10.2 Å². The first-order chi connectivity index (χ1) is 8.72. The van der Waals surface area contributed by atoms with Gasteiger partial charge in [0.2, 0.25) is 0 Å². The third kappa shape index (κ3) is 2.07. The standard InChI is InChI=1S/C11H7ClN4OS/c12-6-1-2-7-8(5-6)18-11(15-7)16-10(17)9-13-3-4-14-9/h1-5H,(H,13,14)(H,15,16,17). The molecule has 1 amide bonds. The fourth-order valence-corrected chi connectivity index (χ4v) is 2.63. The van der Waals surface area contributed by atoms with Gasteiger partial charge in [-0.25, -0.2) is 9.97 Å². The lowest BCUT2D eigenvalue weighted by Crippen LogP contribution is -2.13. The molecule has 0 aliphatic heterocycles. The monoisotopic (exact) mass is 278 g/mol. The van der Waals surface area contributed by atoms with Crippen molar-refractivity contribution in [1.82, 2.24) is 15.0 Å². The smallest absolute Gasteiger partial charge is 0.293 e. The third-order valence-corrected chi connectivity index (χ3v) is 3.45. The maximum atomic E-state index is 11.8. The number of fused-ring (bicyclic) bond motifs is 1. The predicted molar refractivity (Wildman–Crippen MR) is 71.2 cm³/mol. The van der Waals surface area contributed by atoms with E-state index in [0.29, 0.717) is 10.2 Å². The molecule has 7 heteroatoms. The van der Waals surface area contributed by atoms with Crippen LogP contribution in [0.3, 0.4) is 0 Å². The lowest BCUT2D eigenvalue weighted by molar-refractivity contribution is 0.101. The maximum Gasteiger partial charge on any atom is 0.293 e. The summed E-state index contributed by atoms with van der Waals surface area (Å²) in [7, 11) is 0. The second-order valence-corrected chi connectivity index (χ2v) is 4.99. The predicted octanol–water partition coefficient (Wildman–Crippen LogP) is 2.93. The number of nitrogens with zero attached hydrogens (tertiary/aromatic N) is 2. The summed E-state index contributed by atoms with van der Waals surface area (Å²) >= 11 is 7.26. The zero-order valence-corrected chi connectivity index (χ0v) is 10.5. The molecule has 0 unspecified atom stereocenters. The summed E-state index contributed by atoms with van der Waals surface area (Å²) in [6.45, 7) is 0. The van der Waals surface area contributed by atoms with Gasteiger partial charge >= 0.3 is 0 Å². The summed E-state index contributed by atoms with van der Waals surface area (Å²) in [6, 6.07) is 5.40. The molecular weight excluding hydrogens is 272 g/mol. The molecular formula is C11H7ClN4OS. The number of carbonyl (C=O) groups is 1. The van der Waals surface area contributed by atoms with Gasteiger partial charge in [-0.2, -0.15) is 0 Å². The van der Waals surface area contributed by atoms with Crippen molar-refractivity contribution < 1.29 is 4.79 Å². The fourth-order valence-electron chi connectivity index (χ4n) is 1.50. The number of benzene rings is 1. The first-order valence-electron chi connectivity index (χ1n) is 5.09. The lowest BCUT2D eigenvalue weighted by atomic mass is 10.3. The Morgan fingerprint density at radius 3 is 3.11 bits per heavy atom. The topological polar surface area (TPSA) is 70.7 Å². The molecule has 0 saturated heterocycles. The van der Waals surface area contributed by atoms with Crippen LogP contribution in [0.2, 0.25) is 5.02 Å². The van der Waals surface area contributed by atoms with E-state index in [-0.39, 0.29) is 11.7 Å². The molecule has 0 bridgehead atoms. The molecule has 3 rings (SSSR count). The molecule has 2 heterocycles. The van der Waals surface area contributed by atoms with E-state index in [0.717, 1.165) is 10.2 Å². The Morgan fingerprint density at radius 1 is 1.44 bits per heavy atom. The zero-order valence-electron chi connectivity index (χ0n) is 8.98. The summed E-state index contributed by atoms with van der Waals surface area (Å²) in [5.41, 5.74) is 0.805. The number of anilines is 1. The highest BCUT2D eigenvalue weighted by atomic mass is 35.5. The number of amides is 1. The van der Waals surface area contributed by atoms with Crippen LogP contribution in [-0.4, -0.2) is 20.9 Å². The Labute approximate surface area is 111 Å². The number of carbonyl (C=O) groups excluding carboxylic acids is 1. The second-order valence-electron chi connectivity index (χ2n) is 3.52. The van der Waals surface area contributed by atoms with Gasteiger partial charge in [0.05, 0.1) is 10.2 Å². The highest BCUT2D eigenvalue weighted by Gasteiger charge is 2.11. The minimum absolute atomic E-state index is 0.257. The van der Waals surface area contributed by atoms with Crippen LogP contribution in [0, 0.1) is 0 Å². The third-order valence-electron chi connectivity index (χ3n) is 2.28. The van der Waals surface area contributed by atoms with Crippen molar-refractivity contribution >= 4 is 44.2 Å². The lowest BCUT2D eigenvalue weighted by Gasteiger charge is -1.96. The van der Waals surface area contributed by atoms with Gasteiger partial charge in [0.1, 0.15) is 0 Å². The Kier molecular flexibility index (Phi) is 2.73. The largest absolute Gasteiger partial charge is 0.341 e. The van der Waals surface area contributed by atoms with Crippen LogP contribution < -0.4 is 5.32 Å². The summed E-state index contributed by atoms with van der Waals surface area (Å²) in [5, 5.41) is 3.85. The number of aromatic nitrogens is 3. The number of thiazole rings is 1. The number of H-pyrrole nitrogens is 1. The Morgan fingerprint density at radius 2 is 2.33 bits per heavy atom. The van der Waals surface area contributed by atoms with Gasteiger partial charge in [0, 0.05) is 17.4 Å². The van der Waals surface area contributed by atoms with Crippen molar-refractivity contribution in [2.75, 3.05) is 5.32 Å². The number of halogens is 1. The van der Waals surface area contributed by atoms with Gasteiger partial charge < -0.3 is 4.98 Å². The number of aromatic amines is 1. The number of imidazole rings is 1. The van der Waals surface area contributed by atoms with Gasteiger partial charge in [-0.05, 0) is 18.2 Å². The summed E-state index contributed by atoms with van der Waals surface area (Å²) in [6.07, 6.45) is 3.11. The highest BCUT2D eigenvalue weighted by molar-refractivity contribution is 7.22. The van der Waals surface area contributed by atoms with Gasteiger partial charge in [-0.15, -0.1) is 0 Å². The molecule has 3 aromatic rings. The van der Waals surface area contributed by atoms with Gasteiger partial charge in [-0.1, -0.05) is 22.9 Å². The minimum atomic E-state index is -0.315. The molecule has 18 heavy (non-hydrogen) atoms. The van der Waals surface area contributed by atoms with Crippen molar-refractivity contribution in [1.29, 1.82) is 0 Å². The van der Waals surface area contributed by atoms with Crippen LogP contribution in [-0.2, 0) is 0 Å². The fraction of sp³-hybridized carbons (Fsp3) is 0. The summed E-state index contributed by atoms with van der Waals surface area (Å²) < 4.78 is 0.928. The van der Waals surface area contributed by atoms with Gasteiger partial charge in [-0.3, -0.25) is 10.1 Å². The molecule has 5 nitrogen and oxygen atoms in total. The normalized spacial score (nSPS) is 10.7. The van der Waals surface area contributed by atoms with E-state index in [4.69, 9.17) is 11.6 Å². The van der Waals surface area contributed by atoms with Gasteiger partial charge in [0.25, 0.3) is 5.91 Å². The SMILES string of the molecule is O=C(Nc1nc2ccc(Cl)cc2s1)c1ncc[nH]1. The van der Waals surface area contributed by atoms with Crippen molar-refractivity contribution in [3.63, 3.8) is 0 Å². The molecule has 0 fully saturated rings. The van der Waals surface area contributed by atoms with Crippen LogP contribution >= 0.6 is 22.9 Å². The molecule has 0 aliphatic rings. The summed E-state index contributed by atoms with van der Waals surface area (Å²) in [4.78, 5) is 22.6. The zero-order chi connectivity index (χ0) is 12.5. The van der Waals surface area contributed by atoms with Crippen LogP contribution in [0.1, 0.15) is 10.6 Å². The molecule has 2 aromatic heterocycles. The van der Waals surface area contributed by atoms with Crippen LogP contribution in [0.15, 0.2) is 30.6 Å². The maximum absolute atomic E-state index is 11.8. The van der Waals surface area contributed by atoms with Crippen molar-refractivity contribution in [3.05, 3.63) is 41.4 Å². The highest BCUT2D eigenvalue weighted by Crippen LogP contribution is 2.28. The number of nitrogens with one attached hydrogen (secondary N) is 2. The molecule has 0 radical (unpaired) electrons. The molecule has 0 spiro atoms. The Balaban J connectivity index is 1.89. The molecule has 1 aromatic carbocycles. The van der Waals surface area contributed by atoms with E-state index >= 15 is 0 Å². The first-order valence-corrected chi connectivity index (χ1v) is 6.28. The molecule has 2 N–H and O–H groups in total. The first kappa shape index (κ1) is 11.2. The average molecular weight is 279 g/mol. The summed E-state index contributed by atoms with van der Waals surface area (Å²) in [5.74, 6) is -0.0579. The number of hydrogen-bond acceptors (Lipinski definition) is 4. The van der Waals surface area contributed by atoms with E-state index in [1.807, 2.05) is 12.1 Å². The molecule has 90 valence electrons. The minimum Gasteiger partial charge on any atom is -0.341 e. The number of hydrogen-bond donors (Lipinski definition) is 2. The van der Waals surface area contributed by atoms with Gasteiger partial charge in [0.15, 0.2) is 11.0 Å². The van der Waals surface area contributed by atoms with E-state index < -0.39 is 0 Å². The number of rotatable bonds is 2. The Hall–Kier alpha value is -1.92. The molecule has 0 atom stereocenters. The molecule has 0 saturated carbocycles. The van der Waals surface area contributed by atoms with E-state index in [1.54, 1.807) is 12.3 Å². The van der Waals surface area contributed by atoms with Crippen molar-refractivity contribution in [3.8, 4) is 0 Å². The van der Waals surface area contributed by atoms with Crippen molar-refractivity contribution in [2.45, 2.75) is 0 Å². The van der Waals surface area contributed by atoms with E-state index in [1.165, 1.54) is 17.5 Å². The van der Waals surface area contributed by atoms with Crippen LogP contribution in [0.4, 0.5) is 5.13 Å². The molecule has 0 aliphatic carbocycles. The second kappa shape index (κ2) is 4.40. The van der Waals surface area contributed by atoms with Crippen molar-refractivity contribution in [2.24, 2.45) is 0 Å². The Bertz CT molecular complexity index is 707. The van der Waals surface area contributed by atoms with E-state index in [9.17, 15) is 4.79 Å². The van der Waals surface area contributed by atoms with E-state index in [2.05, 4.69) is 20.3 Å². The quantitative estimate of drug-likeness (QED) is 0.757. The van der Waals surface area contributed by atoms with Crippen LogP contribution in [0.5, 0.6) is 0 Å².